The maximum absolute atomic E-state index is 11.1. The third kappa shape index (κ3) is 4.14. The molecule has 0 aliphatic carbocycles. The summed E-state index contributed by atoms with van der Waals surface area (Å²) >= 11 is 0. The first-order valence-corrected chi connectivity index (χ1v) is 4.54. The molecule has 0 amide bonds. The Balaban J connectivity index is 0.000000982. The van der Waals surface area contributed by atoms with E-state index in [1.165, 1.54) is 5.43 Å². The van der Waals surface area contributed by atoms with Crippen molar-refractivity contribution in [1.82, 2.24) is 0 Å². The number of rotatable bonds is 3. The smallest absolute Gasteiger partial charge is 0.283 e. The van der Waals surface area contributed by atoms with Gasteiger partial charge in [-0.2, -0.15) is 5.84 Å². The lowest BCUT2D eigenvalue weighted by Crippen LogP contribution is -2.87. The molecule has 19 heavy (non-hydrogen) atoms. The van der Waals surface area contributed by atoms with E-state index in [1.54, 1.807) is 7.05 Å². The Morgan fingerprint density at radius 2 is 1.32 bits per heavy atom. The van der Waals surface area contributed by atoms with E-state index in [2.05, 4.69) is 0 Å². The highest BCUT2D eigenvalue weighted by Gasteiger charge is 2.24. The predicted molar refractivity (Wildman–Crippen MR) is 57.9 cm³/mol. The van der Waals surface area contributed by atoms with E-state index in [0.29, 0.717) is 12.1 Å². The van der Waals surface area contributed by atoms with Crippen molar-refractivity contribution >= 4 is 17.1 Å². The van der Waals surface area contributed by atoms with Gasteiger partial charge in [0.15, 0.2) is 0 Å². The second kappa shape index (κ2) is 6.77. The van der Waals surface area contributed by atoms with Crippen LogP contribution in [0.5, 0.6) is 5.75 Å². The molecule has 0 aliphatic rings. The Morgan fingerprint density at radius 3 is 1.53 bits per heavy atom. The van der Waals surface area contributed by atoms with Gasteiger partial charge in [-0.1, -0.05) is 0 Å². The van der Waals surface area contributed by atoms with Crippen LogP contribution in [-0.4, -0.2) is 21.8 Å². The molecule has 4 N–H and O–H groups in total. The molecular formula is C7H9N5O7. The van der Waals surface area contributed by atoms with Crippen LogP contribution in [0.4, 0.5) is 17.1 Å². The van der Waals surface area contributed by atoms with Gasteiger partial charge < -0.3 is 5.11 Å². The molecule has 1 aromatic carbocycles. The number of nitro groups is 3. The third-order valence-corrected chi connectivity index (χ3v) is 1.64. The number of benzene rings is 1. The van der Waals surface area contributed by atoms with Crippen LogP contribution >= 0.6 is 0 Å². The zero-order valence-corrected chi connectivity index (χ0v) is 9.51. The topological polar surface area (TPSA) is 195 Å². The molecule has 0 unspecified atom stereocenters. The van der Waals surface area contributed by atoms with Crippen LogP contribution in [0.25, 0.3) is 0 Å². The summed E-state index contributed by atoms with van der Waals surface area (Å²) in [4.78, 5) is 27.5. The van der Waals surface area contributed by atoms with E-state index in [0.717, 1.165) is 0 Å². The van der Waals surface area contributed by atoms with Crippen molar-refractivity contribution in [2.75, 3.05) is 7.05 Å². The molecule has 0 radical (unpaired) electrons. The molecule has 0 spiro atoms. The van der Waals surface area contributed by atoms with Crippen molar-refractivity contribution in [3.63, 3.8) is 0 Å². The molecule has 0 heterocycles. The lowest BCUT2D eigenvalue weighted by atomic mass is 10.2. The first-order valence-electron chi connectivity index (χ1n) is 4.54. The van der Waals surface area contributed by atoms with Crippen molar-refractivity contribution in [3.05, 3.63) is 42.5 Å². The van der Waals surface area contributed by atoms with Gasteiger partial charge in [-0.3, -0.25) is 35.8 Å². The second-order valence-electron chi connectivity index (χ2n) is 2.92. The highest BCUT2D eigenvalue weighted by atomic mass is 16.6. The first-order chi connectivity index (χ1) is 8.76. The van der Waals surface area contributed by atoms with Crippen molar-refractivity contribution in [2.45, 2.75) is 0 Å². The Morgan fingerprint density at radius 1 is 1.00 bits per heavy atom. The molecule has 104 valence electrons. The first kappa shape index (κ1) is 16.1. The molecule has 12 nitrogen and oxygen atoms in total. The van der Waals surface area contributed by atoms with Gasteiger partial charge in [0.2, 0.25) is 0 Å². The minimum Gasteiger partial charge on any atom is -0.863 e. The van der Waals surface area contributed by atoms with Crippen LogP contribution < -0.4 is 16.4 Å². The van der Waals surface area contributed by atoms with Crippen molar-refractivity contribution in [3.8, 4) is 5.75 Å². The van der Waals surface area contributed by atoms with Gasteiger partial charge in [0, 0.05) is 0 Å². The molecule has 0 bridgehead atoms. The summed E-state index contributed by atoms with van der Waals surface area (Å²) in [6.07, 6.45) is 0. The number of quaternary nitrogens is 1. The molecule has 0 saturated carbocycles. The number of hydrogen-bond acceptors (Lipinski definition) is 8. The summed E-state index contributed by atoms with van der Waals surface area (Å²) in [6, 6.07) is 0.769. The van der Waals surface area contributed by atoms with Crippen molar-refractivity contribution < 1.29 is 25.3 Å². The maximum Gasteiger partial charge on any atom is 0.283 e. The fraction of sp³-hybridized carbons (Fsp3) is 0.143. The minimum absolute atomic E-state index is 0.384. The standard InChI is InChI=1S/C6H3N3O7.CH6N2/c10-6-4(8(13)14)1-3(7(11)12)2-5(6)9(15)16;1-3-2/h1-2,10H;3H,2H2,1H3. The Bertz CT molecular complexity index is 482. The van der Waals surface area contributed by atoms with Crippen LogP contribution in [0.2, 0.25) is 0 Å². The quantitative estimate of drug-likeness (QED) is 0.378. The Kier molecular flexibility index (Phi) is 5.75. The molecule has 1 aromatic rings. The van der Waals surface area contributed by atoms with Crippen LogP contribution in [-0.2, 0) is 0 Å². The number of nitrogens with two attached hydrogens (primary N) is 2. The van der Waals surface area contributed by atoms with Gasteiger partial charge in [0.25, 0.3) is 17.1 Å². The molecule has 0 aliphatic heterocycles. The predicted octanol–water partition coefficient (Wildman–Crippen LogP) is -1.46. The van der Waals surface area contributed by atoms with E-state index in [4.69, 9.17) is 5.84 Å². The Labute approximate surface area is 104 Å². The largest absolute Gasteiger partial charge is 0.863 e. The average molecular weight is 275 g/mol. The summed E-state index contributed by atoms with van der Waals surface area (Å²) in [7, 11) is 1.78. The van der Waals surface area contributed by atoms with Gasteiger partial charge in [-0.15, -0.1) is 0 Å². The minimum atomic E-state index is -1.46. The van der Waals surface area contributed by atoms with E-state index in [-0.39, 0.29) is 0 Å². The normalized spacial score (nSPS) is 9.16. The molecule has 0 saturated heterocycles. The molecular weight excluding hydrogens is 266 g/mol. The van der Waals surface area contributed by atoms with Crippen LogP contribution in [0.1, 0.15) is 0 Å². The number of nitrogens with zero attached hydrogens (tertiary/aromatic N) is 3. The monoisotopic (exact) mass is 275 g/mol. The molecule has 0 atom stereocenters. The molecule has 1 rings (SSSR count). The van der Waals surface area contributed by atoms with Crippen molar-refractivity contribution in [1.29, 1.82) is 0 Å². The zero-order valence-electron chi connectivity index (χ0n) is 9.51. The average Bonchev–Trinajstić information content (AvgIpc) is 2.29. The SMILES string of the molecule is C[NH2+]N.O=[N+]([O-])c1cc([N+](=O)[O-])c([O-])c([N+](=O)[O-])c1. The highest BCUT2D eigenvalue weighted by molar-refractivity contribution is 5.63. The van der Waals surface area contributed by atoms with E-state index in [1.807, 2.05) is 0 Å². The fourth-order valence-corrected chi connectivity index (χ4v) is 0.961. The van der Waals surface area contributed by atoms with Crippen LogP contribution in [0.15, 0.2) is 12.1 Å². The van der Waals surface area contributed by atoms with E-state index < -0.39 is 37.6 Å². The zero-order chi connectivity index (χ0) is 15.2. The lowest BCUT2D eigenvalue weighted by molar-refractivity contribution is -0.639. The number of non-ortho nitro benzene ring substituents is 1. The van der Waals surface area contributed by atoms with Gasteiger partial charge in [0.05, 0.1) is 39.7 Å². The number of hydrogen-bond donors (Lipinski definition) is 2. The lowest BCUT2D eigenvalue weighted by Gasteiger charge is -2.06. The third-order valence-electron chi connectivity index (χ3n) is 1.64. The summed E-state index contributed by atoms with van der Waals surface area (Å²) in [5.41, 5.74) is -1.76. The molecule has 0 fully saturated rings. The van der Waals surface area contributed by atoms with Gasteiger partial charge >= 0.3 is 0 Å². The maximum atomic E-state index is 11.1. The second-order valence-corrected chi connectivity index (χ2v) is 2.92. The van der Waals surface area contributed by atoms with Gasteiger partial charge in [0.1, 0.15) is 0 Å². The van der Waals surface area contributed by atoms with Gasteiger partial charge in [-0.25, -0.2) is 0 Å². The van der Waals surface area contributed by atoms with Crippen LogP contribution in [0.3, 0.4) is 0 Å². The fourth-order valence-electron chi connectivity index (χ4n) is 0.961. The summed E-state index contributed by atoms with van der Waals surface area (Å²) in [5.74, 6) is 3.26. The Hall–Kier alpha value is -2.86. The van der Waals surface area contributed by atoms with Crippen LogP contribution in [0, 0.1) is 30.3 Å². The summed E-state index contributed by atoms with van der Waals surface area (Å²) in [6.45, 7) is 0. The molecule has 12 heteroatoms. The van der Waals surface area contributed by atoms with E-state index >= 15 is 0 Å². The number of nitro benzene ring substituents is 3. The highest BCUT2D eigenvalue weighted by Crippen LogP contribution is 2.36. The van der Waals surface area contributed by atoms with Gasteiger partial charge in [-0.05, 0) is 0 Å². The molecule has 0 aromatic heterocycles. The summed E-state index contributed by atoms with van der Waals surface area (Å²) < 4.78 is 0. The summed E-state index contributed by atoms with van der Waals surface area (Å²) in [5, 5.41) is 42.1. The van der Waals surface area contributed by atoms with Crippen molar-refractivity contribution in [2.24, 2.45) is 5.84 Å². The van der Waals surface area contributed by atoms with E-state index in [9.17, 15) is 35.4 Å².